The van der Waals surface area contributed by atoms with Crippen LogP contribution in [0.3, 0.4) is 0 Å². The van der Waals surface area contributed by atoms with Crippen LogP contribution in [0.25, 0.3) is 0 Å². The van der Waals surface area contributed by atoms with E-state index in [1.807, 2.05) is 31.2 Å². The van der Waals surface area contributed by atoms with Crippen molar-refractivity contribution in [3.05, 3.63) is 53.2 Å². The van der Waals surface area contributed by atoms with Crippen molar-refractivity contribution < 1.29 is 0 Å². The van der Waals surface area contributed by atoms with E-state index >= 15 is 0 Å². The molecule has 2 aromatic rings. The molecule has 0 radical (unpaired) electrons. The summed E-state index contributed by atoms with van der Waals surface area (Å²) in [5.41, 5.74) is 3.50. The average Bonchev–Trinajstić information content (AvgIpc) is 2.30. The molecule has 2 rings (SSSR count). The third-order valence-electron chi connectivity index (χ3n) is 2.52. The van der Waals surface area contributed by atoms with Gasteiger partial charge in [-0.05, 0) is 37.1 Å². The van der Waals surface area contributed by atoms with Crippen molar-refractivity contribution in [2.24, 2.45) is 0 Å². The molecule has 0 amide bonds. The molecule has 1 N–H and O–H groups in total. The summed E-state index contributed by atoms with van der Waals surface area (Å²) in [7, 11) is 0. The summed E-state index contributed by atoms with van der Waals surface area (Å²) < 4.78 is 0. The molecule has 0 spiro atoms. The Bertz CT molecular complexity index is 463. The van der Waals surface area contributed by atoms with E-state index in [4.69, 9.17) is 0 Å². The molecule has 0 fully saturated rings. The fourth-order valence-electron chi connectivity index (χ4n) is 1.49. The summed E-state index contributed by atoms with van der Waals surface area (Å²) in [6, 6.07) is 12.2. The van der Waals surface area contributed by atoms with Crippen molar-refractivity contribution in [3.8, 4) is 0 Å². The summed E-state index contributed by atoms with van der Waals surface area (Å²) >= 11 is 0. The van der Waals surface area contributed by atoms with Crippen LogP contribution in [0, 0.1) is 13.8 Å². The van der Waals surface area contributed by atoms with E-state index in [0.717, 1.165) is 18.1 Å². The highest BCUT2D eigenvalue weighted by molar-refractivity contribution is 5.36. The Balaban J connectivity index is 2.02. The van der Waals surface area contributed by atoms with Crippen LogP contribution in [-0.4, -0.2) is 10.2 Å². The number of aryl methyl sites for hydroxylation is 2. The Morgan fingerprint density at radius 1 is 1.00 bits per heavy atom. The molecule has 0 bridgehead atoms. The second-order valence-corrected chi connectivity index (χ2v) is 3.84. The molecule has 0 aliphatic heterocycles. The van der Waals surface area contributed by atoms with Crippen molar-refractivity contribution in [3.63, 3.8) is 0 Å². The normalized spacial score (nSPS) is 10.1. The van der Waals surface area contributed by atoms with Gasteiger partial charge < -0.3 is 5.32 Å². The number of hydrogen-bond acceptors (Lipinski definition) is 3. The lowest BCUT2D eigenvalue weighted by atomic mass is 10.1. The van der Waals surface area contributed by atoms with Crippen LogP contribution in [0.5, 0.6) is 0 Å². The monoisotopic (exact) mass is 213 g/mol. The maximum atomic E-state index is 4.06. The van der Waals surface area contributed by atoms with Gasteiger partial charge in [0.2, 0.25) is 0 Å². The zero-order valence-corrected chi connectivity index (χ0v) is 9.57. The van der Waals surface area contributed by atoms with Crippen LogP contribution in [0.15, 0.2) is 36.4 Å². The SMILES string of the molecule is Cc1ccc(NCc2ccccc2C)nn1. The summed E-state index contributed by atoms with van der Waals surface area (Å²) in [4.78, 5) is 0. The number of hydrogen-bond donors (Lipinski definition) is 1. The molecular weight excluding hydrogens is 198 g/mol. The van der Waals surface area contributed by atoms with Crippen molar-refractivity contribution in [1.82, 2.24) is 10.2 Å². The lowest BCUT2D eigenvalue weighted by molar-refractivity contribution is 0.961. The third-order valence-corrected chi connectivity index (χ3v) is 2.52. The number of aromatic nitrogens is 2. The van der Waals surface area contributed by atoms with Crippen LogP contribution in [0.2, 0.25) is 0 Å². The highest BCUT2D eigenvalue weighted by Crippen LogP contribution is 2.09. The molecule has 1 aromatic carbocycles. The van der Waals surface area contributed by atoms with Gasteiger partial charge >= 0.3 is 0 Å². The van der Waals surface area contributed by atoms with Gasteiger partial charge in [-0.2, -0.15) is 5.10 Å². The molecule has 3 heteroatoms. The zero-order chi connectivity index (χ0) is 11.4. The first-order valence-electron chi connectivity index (χ1n) is 5.34. The van der Waals surface area contributed by atoms with Gasteiger partial charge in [-0.15, -0.1) is 5.10 Å². The minimum absolute atomic E-state index is 0.782. The molecule has 0 aliphatic rings. The summed E-state index contributed by atoms with van der Waals surface area (Å²) in [6.45, 7) is 4.82. The van der Waals surface area contributed by atoms with Gasteiger partial charge in [-0.25, -0.2) is 0 Å². The fraction of sp³-hybridized carbons (Fsp3) is 0.231. The number of nitrogens with one attached hydrogen (secondary N) is 1. The van der Waals surface area contributed by atoms with Crippen LogP contribution in [-0.2, 0) is 6.54 Å². The second-order valence-electron chi connectivity index (χ2n) is 3.84. The zero-order valence-electron chi connectivity index (χ0n) is 9.57. The van der Waals surface area contributed by atoms with Crippen molar-refractivity contribution >= 4 is 5.82 Å². The number of benzene rings is 1. The van der Waals surface area contributed by atoms with Gasteiger partial charge in [0.05, 0.1) is 5.69 Å². The number of nitrogens with zero attached hydrogens (tertiary/aromatic N) is 2. The maximum absolute atomic E-state index is 4.06. The second kappa shape index (κ2) is 4.75. The van der Waals surface area contributed by atoms with E-state index < -0.39 is 0 Å². The Morgan fingerprint density at radius 3 is 2.50 bits per heavy atom. The van der Waals surface area contributed by atoms with Gasteiger partial charge in [0.25, 0.3) is 0 Å². The summed E-state index contributed by atoms with van der Waals surface area (Å²) in [5, 5.41) is 11.3. The molecule has 1 heterocycles. The molecule has 16 heavy (non-hydrogen) atoms. The first-order valence-corrected chi connectivity index (χ1v) is 5.34. The first-order chi connectivity index (χ1) is 7.75. The highest BCUT2D eigenvalue weighted by Gasteiger charge is 1.98. The van der Waals surface area contributed by atoms with E-state index in [9.17, 15) is 0 Å². The smallest absolute Gasteiger partial charge is 0.148 e. The van der Waals surface area contributed by atoms with Crippen LogP contribution in [0.4, 0.5) is 5.82 Å². The van der Waals surface area contributed by atoms with Gasteiger partial charge in [0, 0.05) is 6.54 Å². The van der Waals surface area contributed by atoms with E-state index in [1.54, 1.807) is 0 Å². The molecule has 0 saturated heterocycles. The van der Waals surface area contributed by atoms with Crippen LogP contribution >= 0.6 is 0 Å². The Labute approximate surface area is 95.5 Å². The van der Waals surface area contributed by atoms with Crippen LogP contribution < -0.4 is 5.32 Å². The standard InChI is InChI=1S/C13H15N3/c1-10-5-3-4-6-12(10)9-14-13-8-7-11(2)15-16-13/h3-8H,9H2,1-2H3,(H,14,16). The predicted octanol–water partition coefficient (Wildman–Crippen LogP) is 2.71. The molecule has 0 unspecified atom stereocenters. The summed E-state index contributed by atoms with van der Waals surface area (Å²) in [5.74, 6) is 0.814. The molecule has 3 nitrogen and oxygen atoms in total. The van der Waals surface area contributed by atoms with E-state index in [-0.39, 0.29) is 0 Å². The van der Waals surface area contributed by atoms with Gasteiger partial charge in [0.1, 0.15) is 5.82 Å². The first kappa shape index (κ1) is 10.6. The van der Waals surface area contributed by atoms with Crippen molar-refractivity contribution in [1.29, 1.82) is 0 Å². The van der Waals surface area contributed by atoms with E-state index in [0.29, 0.717) is 0 Å². The fourth-order valence-corrected chi connectivity index (χ4v) is 1.49. The Hall–Kier alpha value is -1.90. The number of rotatable bonds is 3. The Morgan fingerprint density at radius 2 is 1.81 bits per heavy atom. The minimum atomic E-state index is 0.782. The quantitative estimate of drug-likeness (QED) is 0.851. The molecular formula is C13H15N3. The van der Waals surface area contributed by atoms with Crippen LogP contribution in [0.1, 0.15) is 16.8 Å². The van der Waals surface area contributed by atoms with E-state index in [2.05, 4.69) is 34.6 Å². The summed E-state index contributed by atoms with van der Waals surface area (Å²) in [6.07, 6.45) is 0. The largest absolute Gasteiger partial charge is 0.364 e. The van der Waals surface area contributed by atoms with Crippen molar-refractivity contribution in [2.75, 3.05) is 5.32 Å². The Kier molecular flexibility index (Phi) is 3.15. The van der Waals surface area contributed by atoms with Gasteiger partial charge in [0.15, 0.2) is 0 Å². The third kappa shape index (κ3) is 2.57. The molecule has 0 atom stereocenters. The minimum Gasteiger partial charge on any atom is -0.364 e. The highest BCUT2D eigenvalue weighted by atomic mass is 15.2. The topological polar surface area (TPSA) is 37.8 Å². The van der Waals surface area contributed by atoms with Gasteiger partial charge in [-0.3, -0.25) is 0 Å². The predicted molar refractivity (Wildman–Crippen MR) is 65.3 cm³/mol. The van der Waals surface area contributed by atoms with Crippen molar-refractivity contribution in [2.45, 2.75) is 20.4 Å². The number of anilines is 1. The lowest BCUT2D eigenvalue weighted by Crippen LogP contribution is -2.03. The van der Waals surface area contributed by atoms with E-state index in [1.165, 1.54) is 11.1 Å². The molecule has 82 valence electrons. The molecule has 0 aliphatic carbocycles. The average molecular weight is 213 g/mol. The lowest BCUT2D eigenvalue weighted by Gasteiger charge is -2.07. The molecule has 1 aromatic heterocycles. The maximum Gasteiger partial charge on any atom is 0.148 e. The van der Waals surface area contributed by atoms with Gasteiger partial charge in [-0.1, -0.05) is 24.3 Å². The molecule has 0 saturated carbocycles.